The number of ether oxygens (including phenoxy) is 1. The number of benzene rings is 3. The summed E-state index contributed by atoms with van der Waals surface area (Å²) in [5.41, 5.74) is 4.36. The van der Waals surface area contributed by atoms with Crippen molar-refractivity contribution in [2.24, 2.45) is 0 Å². The van der Waals surface area contributed by atoms with Gasteiger partial charge in [-0.05, 0) is 41.8 Å². The van der Waals surface area contributed by atoms with Gasteiger partial charge in [0.15, 0.2) is 0 Å². The summed E-state index contributed by atoms with van der Waals surface area (Å²) < 4.78 is 5.35. The van der Waals surface area contributed by atoms with Gasteiger partial charge in [0.05, 0.1) is 7.11 Å². The zero-order valence-electron chi connectivity index (χ0n) is 14.7. The molecule has 0 aliphatic heterocycles. The summed E-state index contributed by atoms with van der Waals surface area (Å²) >= 11 is 0. The molecule has 0 spiro atoms. The molecule has 0 aliphatic rings. The summed E-state index contributed by atoms with van der Waals surface area (Å²) in [6.45, 7) is 3.76. The number of anilines is 1. The minimum atomic E-state index is -0.152. The number of amides is 1. The molecule has 0 heterocycles. The lowest BCUT2D eigenvalue weighted by Gasteiger charge is -2.13. The van der Waals surface area contributed by atoms with E-state index in [1.165, 1.54) is 0 Å². The van der Waals surface area contributed by atoms with Crippen molar-refractivity contribution in [1.82, 2.24) is 0 Å². The first kappa shape index (κ1) is 17.5. The van der Waals surface area contributed by atoms with Crippen LogP contribution >= 0.6 is 0 Å². The highest BCUT2D eigenvalue weighted by Crippen LogP contribution is 2.28. The highest BCUT2D eigenvalue weighted by Gasteiger charge is 2.12. The standard InChI is InChI=1S/C23H21NO2/c1-3-9-18-16-19(14-15-22(18)26-2)23(25)24-21-13-8-7-12-20(21)17-10-5-4-6-11-17/h3-8,10-16H,1,9H2,2H3,(H,24,25). The summed E-state index contributed by atoms with van der Waals surface area (Å²) in [7, 11) is 1.62. The predicted octanol–water partition coefficient (Wildman–Crippen LogP) is 5.34. The molecule has 3 nitrogen and oxygen atoms in total. The van der Waals surface area contributed by atoms with Gasteiger partial charge >= 0.3 is 0 Å². The van der Waals surface area contributed by atoms with Crippen LogP contribution in [-0.4, -0.2) is 13.0 Å². The van der Waals surface area contributed by atoms with Crippen LogP contribution in [-0.2, 0) is 6.42 Å². The number of para-hydroxylation sites is 1. The second-order valence-electron chi connectivity index (χ2n) is 5.89. The Balaban J connectivity index is 1.90. The van der Waals surface area contributed by atoms with Crippen molar-refractivity contribution in [3.05, 3.63) is 96.6 Å². The van der Waals surface area contributed by atoms with E-state index in [0.29, 0.717) is 12.0 Å². The molecule has 0 aliphatic carbocycles. The Kier molecular flexibility index (Phi) is 5.49. The normalized spacial score (nSPS) is 10.2. The van der Waals surface area contributed by atoms with Gasteiger partial charge in [-0.2, -0.15) is 0 Å². The quantitative estimate of drug-likeness (QED) is 0.613. The van der Waals surface area contributed by atoms with Crippen LogP contribution in [0.4, 0.5) is 5.69 Å². The first-order valence-corrected chi connectivity index (χ1v) is 8.46. The van der Waals surface area contributed by atoms with Gasteiger partial charge in [-0.15, -0.1) is 6.58 Å². The fraction of sp³-hybridized carbons (Fsp3) is 0.0870. The van der Waals surface area contributed by atoms with E-state index in [9.17, 15) is 4.79 Å². The monoisotopic (exact) mass is 343 g/mol. The molecule has 0 unspecified atom stereocenters. The zero-order chi connectivity index (χ0) is 18.4. The van der Waals surface area contributed by atoms with Crippen molar-refractivity contribution in [3.63, 3.8) is 0 Å². The number of hydrogen-bond acceptors (Lipinski definition) is 2. The summed E-state index contributed by atoms with van der Waals surface area (Å²) in [5.74, 6) is 0.604. The van der Waals surface area contributed by atoms with E-state index in [0.717, 1.165) is 28.1 Å². The molecular weight excluding hydrogens is 322 g/mol. The molecule has 0 bridgehead atoms. The molecule has 1 N–H and O–H groups in total. The van der Waals surface area contributed by atoms with E-state index < -0.39 is 0 Å². The third kappa shape index (κ3) is 3.83. The van der Waals surface area contributed by atoms with Gasteiger partial charge in [0.2, 0.25) is 0 Å². The molecule has 130 valence electrons. The highest BCUT2D eigenvalue weighted by atomic mass is 16.5. The van der Waals surface area contributed by atoms with Crippen LogP contribution in [0.3, 0.4) is 0 Å². The molecule has 0 atom stereocenters. The molecule has 0 radical (unpaired) electrons. The fourth-order valence-electron chi connectivity index (χ4n) is 2.89. The Morgan fingerprint density at radius 3 is 2.50 bits per heavy atom. The van der Waals surface area contributed by atoms with Crippen molar-refractivity contribution < 1.29 is 9.53 Å². The van der Waals surface area contributed by atoms with E-state index in [-0.39, 0.29) is 5.91 Å². The average molecular weight is 343 g/mol. The number of carbonyl (C=O) groups is 1. The zero-order valence-corrected chi connectivity index (χ0v) is 14.7. The number of allylic oxidation sites excluding steroid dienone is 1. The second kappa shape index (κ2) is 8.17. The van der Waals surface area contributed by atoms with E-state index in [4.69, 9.17) is 4.74 Å². The lowest BCUT2D eigenvalue weighted by Crippen LogP contribution is -2.13. The van der Waals surface area contributed by atoms with Gasteiger partial charge in [0.1, 0.15) is 5.75 Å². The van der Waals surface area contributed by atoms with Crippen LogP contribution < -0.4 is 10.1 Å². The molecule has 0 saturated carbocycles. The molecule has 3 heteroatoms. The van der Waals surface area contributed by atoms with E-state index in [1.54, 1.807) is 19.3 Å². The van der Waals surface area contributed by atoms with Gasteiger partial charge in [-0.25, -0.2) is 0 Å². The Bertz CT molecular complexity index is 917. The first-order chi connectivity index (χ1) is 12.7. The van der Waals surface area contributed by atoms with Crippen molar-refractivity contribution in [2.75, 3.05) is 12.4 Å². The van der Waals surface area contributed by atoms with Crippen molar-refractivity contribution >= 4 is 11.6 Å². The van der Waals surface area contributed by atoms with Crippen LogP contribution in [0.5, 0.6) is 5.75 Å². The van der Waals surface area contributed by atoms with Crippen LogP contribution in [0.1, 0.15) is 15.9 Å². The smallest absolute Gasteiger partial charge is 0.255 e. The van der Waals surface area contributed by atoms with E-state index in [1.807, 2.05) is 66.7 Å². The second-order valence-corrected chi connectivity index (χ2v) is 5.89. The Hall–Kier alpha value is -3.33. The SMILES string of the molecule is C=CCc1cc(C(=O)Nc2ccccc2-c2ccccc2)ccc1OC. The highest BCUT2D eigenvalue weighted by molar-refractivity contribution is 6.06. The number of methoxy groups -OCH3 is 1. The van der Waals surface area contributed by atoms with Crippen molar-refractivity contribution in [3.8, 4) is 16.9 Å². The van der Waals surface area contributed by atoms with Gasteiger partial charge < -0.3 is 10.1 Å². The van der Waals surface area contributed by atoms with Crippen LogP contribution in [0, 0.1) is 0 Å². The lowest BCUT2D eigenvalue weighted by atomic mass is 10.0. The van der Waals surface area contributed by atoms with E-state index >= 15 is 0 Å². The third-order valence-corrected chi connectivity index (χ3v) is 4.17. The summed E-state index contributed by atoms with van der Waals surface area (Å²) in [5, 5.41) is 3.03. The molecule has 0 saturated heterocycles. The Morgan fingerprint density at radius 1 is 1.04 bits per heavy atom. The largest absolute Gasteiger partial charge is 0.496 e. The van der Waals surface area contributed by atoms with Gasteiger partial charge in [0.25, 0.3) is 5.91 Å². The van der Waals surface area contributed by atoms with Crippen molar-refractivity contribution in [1.29, 1.82) is 0 Å². The molecule has 1 amide bonds. The Labute approximate surface area is 154 Å². The molecular formula is C23H21NO2. The predicted molar refractivity (Wildman–Crippen MR) is 107 cm³/mol. The number of nitrogens with one attached hydrogen (secondary N) is 1. The third-order valence-electron chi connectivity index (χ3n) is 4.17. The van der Waals surface area contributed by atoms with Gasteiger partial charge in [-0.1, -0.05) is 54.6 Å². The minimum absolute atomic E-state index is 0.152. The molecule has 3 rings (SSSR count). The minimum Gasteiger partial charge on any atom is -0.496 e. The topological polar surface area (TPSA) is 38.3 Å². The number of rotatable bonds is 6. The summed E-state index contributed by atoms with van der Waals surface area (Å²) in [6, 6.07) is 23.2. The first-order valence-electron chi connectivity index (χ1n) is 8.46. The van der Waals surface area contributed by atoms with Crippen LogP contribution in [0.25, 0.3) is 11.1 Å². The fourth-order valence-corrected chi connectivity index (χ4v) is 2.89. The summed E-state index contributed by atoms with van der Waals surface area (Å²) in [4.78, 5) is 12.8. The van der Waals surface area contributed by atoms with Crippen LogP contribution in [0.2, 0.25) is 0 Å². The van der Waals surface area contributed by atoms with Crippen LogP contribution in [0.15, 0.2) is 85.5 Å². The van der Waals surface area contributed by atoms with Gasteiger partial charge in [-0.3, -0.25) is 4.79 Å². The van der Waals surface area contributed by atoms with E-state index in [2.05, 4.69) is 11.9 Å². The molecule has 0 fully saturated rings. The summed E-state index contributed by atoms with van der Waals surface area (Å²) in [6.07, 6.45) is 2.44. The molecule has 26 heavy (non-hydrogen) atoms. The lowest BCUT2D eigenvalue weighted by molar-refractivity contribution is 0.102. The maximum atomic E-state index is 12.8. The average Bonchev–Trinajstić information content (AvgIpc) is 2.69. The molecule has 0 aromatic heterocycles. The molecule has 3 aromatic carbocycles. The molecule has 3 aromatic rings. The maximum absolute atomic E-state index is 12.8. The number of carbonyl (C=O) groups excluding carboxylic acids is 1. The number of hydrogen-bond donors (Lipinski definition) is 1. The Morgan fingerprint density at radius 2 is 1.77 bits per heavy atom. The maximum Gasteiger partial charge on any atom is 0.255 e. The van der Waals surface area contributed by atoms with Gasteiger partial charge in [0, 0.05) is 16.8 Å². The van der Waals surface area contributed by atoms with Crippen molar-refractivity contribution in [2.45, 2.75) is 6.42 Å².